The Morgan fingerprint density at radius 3 is 2.56 bits per heavy atom. The van der Waals surface area contributed by atoms with Crippen molar-refractivity contribution in [2.45, 2.75) is 68.2 Å². The predicted molar refractivity (Wildman–Crippen MR) is 155 cm³/mol. The average molecular weight is 633 g/mol. The molecule has 3 fully saturated rings. The van der Waals surface area contributed by atoms with Crippen LogP contribution < -0.4 is 5.32 Å². The second-order valence-electron chi connectivity index (χ2n) is 11.5. The number of pyridine rings is 1. The number of hydrogen-bond donors (Lipinski definition) is 3. The Bertz CT molecular complexity index is 1610. The van der Waals surface area contributed by atoms with Gasteiger partial charge in [-0.15, -0.1) is 11.3 Å². The minimum Gasteiger partial charge on any atom is -0.340 e. The second kappa shape index (κ2) is 11.4. The van der Waals surface area contributed by atoms with E-state index in [0.717, 1.165) is 54.7 Å². The summed E-state index contributed by atoms with van der Waals surface area (Å²) in [4.78, 5) is 66.7. The van der Waals surface area contributed by atoms with Crippen LogP contribution in [0.1, 0.15) is 65.2 Å². The van der Waals surface area contributed by atoms with Crippen LogP contribution in [0.25, 0.3) is 10.1 Å². The molecule has 3 amide bonds. The van der Waals surface area contributed by atoms with Crippen molar-refractivity contribution < 1.29 is 37.5 Å². The first-order valence-electron chi connectivity index (χ1n) is 14.2. The lowest BCUT2D eigenvalue weighted by Gasteiger charge is -2.43. The molecule has 2 aromatic heterocycles. The van der Waals surface area contributed by atoms with Crippen molar-refractivity contribution >= 4 is 46.7 Å². The Balaban J connectivity index is 1.16. The number of hydrogen-bond acceptors (Lipinski definition) is 6. The number of benzene rings is 1. The molecule has 3 aromatic rings. The summed E-state index contributed by atoms with van der Waals surface area (Å²) in [6.07, 6.45) is 7.60. The highest BCUT2D eigenvalue weighted by Gasteiger charge is 2.50. The van der Waals surface area contributed by atoms with E-state index < -0.39 is 36.8 Å². The summed E-state index contributed by atoms with van der Waals surface area (Å²) in [6.45, 7) is 1.14. The highest BCUT2D eigenvalue weighted by Crippen LogP contribution is 2.59. The number of amides is 3. The number of rotatable bonds is 6. The second-order valence-corrected chi connectivity index (χ2v) is 14.2. The molecule has 6 rings (SSSR count). The van der Waals surface area contributed by atoms with Crippen molar-refractivity contribution in [3.8, 4) is 0 Å². The molecule has 3 atom stereocenters. The topological polar surface area (TPSA) is 140 Å². The maximum Gasteiger partial charge on any atom is 0.399 e. The maximum absolute atomic E-state index is 14.2. The van der Waals surface area contributed by atoms with E-state index in [1.54, 1.807) is 22.2 Å². The highest BCUT2D eigenvalue weighted by molar-refractivity contribution is 7.52. The van der Waals surface area contributed by atoms with Crippen LogP contribution in [0, 0.1) is 0 Å². The van der Waals surface area contributed by atoms with Gasteiger partial charge in [0.15, 0.2) is 0 Å². The molecule has 5 heterocycles. The molecular weight excluding hydrogens is 601 g/mol. The fourth-order valence-electron chi connectivity index (χ4n) is 6.35. The van der Waals surface area contributed by atoms with Gasteiger partial charge < -0.3 is 24.9 Å². The number of likely N-dealkylation sites (tertiary alicyclic amines) is 1. The summed E-state index contributed by atoms with van der Waals surface area (Å²) in [5, 5.41) is 3.05. The lowest BCUT2D eigenvalue weighted by molar-refractivity contribution is -0.149. The molecule has 3 aliphatic rings. The van der Waals surface area contributed by atoms with Gasteiger partial charge in [0.25, 0.3) is 5.91 Å². The highest BCUT2D eigenvalue weighted by atomic mass is 32.1. The van der Waals surface area contributed by atoms with Crippen molar-refractivity contribution in [1.29, 1.82) is 0 Å². The molecule has 10 nitrogen and oxygen atoms in total. The quantitative estimate of drug-likeness (QED) is 0.347. The van der Waals surface area contributed by atoms with Crippen molar-refractivity contribution in [3.05, 3.63) is 64.8 Å². The lowest BCUT2D eigenvalue weighted by Crippen LogP contribution is -2.59. The number of carbonyl (C=O) groups excluding carboxylic acids is 3. The molecule has 228 valence electrons. The van der Waals surface area contributed by atoms with E-state index in [9.17, 15) is 27.7 Å². The van der Waals surface area contributed by atoms with Gasteiger partial charge >= 0.3 is 13.3 Å². The molecule has 0 unspecified atom stereocenters. The summed E-state index contributed by atoms with van der Waals surface area (Å²) < 4.78 is 40.3. The van der Waals surface area contributed by atoms with Gasteiger partial charge in [-0.25, -0.2) is 0 Å². The van der Waals surface area contributed by atoms with E-state index in [4.69, 9.17) is 9.79 Å². The smallest absolute Gasteiger partial charge is 0.340 e. The molecular formula is C29H31F2N4O6PS. The zero-order valence-electron chi connectivity index (χ0n) is 23.1. The van der Waals surface area contributed by atoms with E-state index in [0.29, 0.717) is 30.6 Å². The van der Waals surface area contributed by atoms with Crippen LogP contribution in [0.2, 0.25) is 0 Å². The summed E-state index contributed by atoms with van der Waals surface area (Å²) in [6, 6.07) is 6.91. The van der Waals surface area contributed by atoms with Crippen LogP contribution in [0.5, 0.6) is 0 Å². The largest absolute Gasteiger partial charge is 0.399 e. The zero-order valence-corrected chi connectivity index (χ0v) is 24.8. The van der Waals surface area contributed by atoms with Crippen molar-refractivity contribution in [1.82, 2.24) is 20.1 Å². The van der Waals surface area contributed by atoms with Crippen molar-refractivity contribution in [2.75, 3.05) is 13.1 Å². The maximum atomic E-state index is 14.2. The number of fused-ring (bicyclic) bond motifs is 2. The minimum atomic E-state index is -5.74. The summed E-state index contributed by atoms with van der Waals surface area (Å²) in [5.74, 6) is -0.702. The third kappa shape index (κ3) is 5.59. The molecule has 0 aliphatic carbocycles. The minimum absolute atomic E-state index is 0.0741. The third-order valence-electron chi connectivity index (χ3n) is 8.73. The van der Waals surface area contributed by atoms with Gasteiger partial charge in [0.2, 0.25) is 11.8 Å². The molecule has 3 saturated heterocycles. The van der Waals surface area contributed by atoms with Crippen LogP contribution in [-0.4, -0.2) is 73.5 Å². The summed E-state index contributed by atoms with van der Waals surface area (Å²) in [7, 11) is -5.74. The van der Waals surface area contributed by atoms with Gasteiger partial charge in [0, 0.05) is 47.7 Å². The fraction of sp³-hybridized carbons (Fsp3) is 0.448. The van der Waals surface area contributed by atoms with Gasteiger partial charge in [-0.2, -0.15) is 8.78 Å². The van der Waals surface area contributed by atoms with Gasteiger partial charge in [0.1, 0.15) is 12.1 Å². The first kappa shape index (κ1) is 29.8. The molecule has 0 bridgehead atoms. The molecule has 1 aromatic carbocycles. The number of carbonyl (C=O) groups is 3. The van der Waals surface area contributed by atoms with E-state index in [1.807, 2.05) is 12.1 Å². The molecule has 43 heavy (non-hydrogen) atoms. The van der Waals surface area contributed by atoms with E-state index in [2.05, 4.69) is 10.3 Å². The Morgan fingerprint density at radius 1 is 1.07 bits per heavy atom. The number of alkyl halides is 2. The first-order chi connectivity index (χ1) is 20.4. The summed E-state index contributed by atoms with van der Waals surface area (Å²) in [5.41, 5.74) is -4.14. The van der Waals surface area contributed by atoms with Gasteiger partial charge in [-0.3, -0.25) is 23.9 Å². The Morgan fingerprint density at radius 2 is 1.84 bits per heavy atom. The lowest BCUT2D eigenvalue weighted by atomic mass is 9.92. The predicted octanol–water partition coefficient (Wildman–Crippen LogP) is 4.18. The normalized spacial score (nSPS) is 23.4. The third-order valence-corrected chi connectivity index (χ3v) is 10.8. The van der Waals surface area contributed by atoms with E-state index >= 15 is 0 Å². The monoisotopic (exact) mass is 632 g/mol. The molecule has 0 spiro atoms. The molecule has 14 heteroatoms. The molecule has 0 radical (unpaired) electrons. The SMILES string of the molecule is O=C(N[C@H]1CCCC[C@H]2CC[C@@H](C(=O)N3CC(c4cccnc4)C3)N2C1=O)c1cc2cc(C(F)(F)P(=O)(O)O)ccc2s1. The Kier molecular flexibility index (Phi) is 7.87. The van der Waals surface area contributed by atoms with E-state index in [1.165, 1.54) is 12.1 Å². The Hall–Kier alpha value is -3.25. The molecule has 3 N–H and O–H groups in total. The van der Waals surface area contributed by atoms with Crippen LogP contribution in [-0.2, 0) is 19.8 Å². The number of thiophene rings is 1. The van der Waals surface area contributed by atoms with Crippen LogP contribution >= 0.6 is 18.9 Å². The number of aromatic nitrogens is 1. The Labute approximate surface area is 250 Å². The first-order valence-corrected chi connectivity index (χ1v) is 16.7. The van der Waals surface area contributed by atoms with Crippen LogP contribution in [0.4, 0.5) is 8.78 Å². The fourth-order valence-corrected chi connectivity index (χ4v) is 7.77. The average Bonchev–Trinajstić information content (AvgIpc) is 3.56. The zero-order chi connectivity index (χ0) is 30.5. The van der Waals surface area contributed by atoms with Gasteiger partial charge in [0.05, 0.1) is 4.88 Å². The number of nitrogens with zero attached hydrogens (tertiary/aromatic N) is 3. The van der Waals surface area contributed by atoms with Crippen LogP contribution in [0.3, 0.4) is 0 Å². The van der Waals surface area contributed by atoms with Crippen molar-refractivity contribution in [3.63, 3.8) is 0 Å². The molecule has 3 aliphatic heterocycles. The van der Waals surface area contributed by atoms with Crippen LogP contribution in [0.15, 0.2) is 48.8 Å². The van der Waals surface area contributed by atoms with E-state index in [-0.39, 0.29) is 34.0 Å². The molecule has 0 saturated carbocycles. The van der Waals surface area contributed by atoms with Gasteiger partial charge in [-0.1, -0.05) is 25.0 Å². The number of halogens is 2. The van der Waals surface area contributed by atoms with Crippen molar-refractivity contribution in [2.24, 2.45) is 0 Å². The number of nitrogens with one attached hydrogen (secondary N) is 1. The standard InChI is InChI=1S/C29H31F2N4O6PS/c30-29(31,42(39,40)41)20-7-10-24-18(12-20)13-25(43-24)26(36)33-22-6-2-1-5-21-8-9-23(35(21)27(22)37)28(38)34-15-19(16-34)17-4-3-11-32-14-17/h3-4,7,10-14,19,21-23H,1-2,5-6,8-9,15-16H2,(H,33,36)(H2,39,40,41)/t21-,22-,23-/m0/s1. The van der Waals surface area contributed by atoms with Gasteiger partial charge in [-0.05, 0) is 60.9 Å². The summed E-state index contributed by atoms with van der Waals surface area (Å²) >= 11 is 1.03.